The van der Waals surface area contributed by atoms with Crippen LogP contribution in [0.4, 0.5) is 0 Å². The Balaban J connectivity index is 2.76. The molecule has 0 aromatic heterocycles. The molecule has 1 rings (SSSR count). The first-order valence-electron chi connectivity index (χ1n) is 4.86. The zero-order valence-corrected chi connectivity index (χ0v) is 9.00. The molecule has 0 heterocycles. The van der Waals surface area contributed by atoms with Crippen LogP contribution in [0.15, 0.2) is 18.2 Å². The van der Waals surface area contributed by atoms with Crippen molar-refractivity contribution < 1.29 is 4.79 Å². The van der Waals surface area contributed by atoms with Crippen molar-refractivity contribution in [3.8, 4) is 0 Å². The van der Waals surface area contributed by atoms with E-state index in [2.05, 4.69) is 37.4 Å². The summed E-state index contributed by atoms with van der Waals surface area (Å²) in [6.45, 7) is 4.18. The lowest BCUT2D eigenvalue weighted by Crippen LogP contribution is -2.28. The molecule has 0 aliphatic heterocycles. The molecule has 1 aromatic carbocycles. The van der Waals surface area contributed by atoms with Gasteiger partial charge >= 0.3 is 0 Å². The van der Waals surface area contributed by atoms with Crippen molar-refractivity contribution in [2.24, 2.45) is 0 Å². The molecule has 0 saturated heterocycles. The van der Waals surface area contributed by atoms with Crippen molar-refractivity contribution in [1.82, 2.24) is 5.32 Å². The highest BCUT2D eigenvalue weighted by Gasteiger charge is 2.05. The average Bonchev–Trinajstić information content (AvgIpc) is 2.19. The Bertz CT molecular complexity index is 320. The Morgan fingerprint density at radius 3 is 2.57 bits per heavy atom. The molecule has 1 aromatic rings. The highest BCUT2D eigenvalue weighted by molar-refractivity contribution is 5.58. The van der Waals surface area contributed by atoms with Gasteiger partial charge in [-0.2, -0.15) is 0 Å². The van der Waals surface area contributed by atoms with E-state index in [9.17, 15) is 4.79 Å². The van der Waals surface area contributed by atoms with Gasteiger partial charge in [-0.15, -0.1) is 0 Å². The van der Waals surface area contributed by atoms with Gasteiger partial charge < -0.3 is 10.1 Å². The van der Waals surface area contributed by atoms with Crippen molar-refractivity contribution in [1.29, 1.82) is 0 Å². The Morgan fingerprint density at radius 2 is 2.07 bits per heavy atom. The average molecular weight is 191 g/mol. The summed E-state index contributed by atoms with van der Waals surface area (Å²) in [5.74, 6) is 0. The molecule has 1 unspecified atom stereocenters. The summed E-state index contributed by atoms with van der Waals surface area (Å²) in [6.07, 6.45) is 1.72. The molecule has 0 fully saturated rings. The van der Waals surface area contributed by atoms with Gasteiger partial charge in [0.2, 0.25) is 0 Å². The van der Waals surface area contributed by atoms with Gasteiger partial charge in [-0.05, 0) is 44.0 Å². The van der Waals surface area contributed by atoms with E-state index in [4.69, 9.17) is 0 Å². The number of benzene rings is 1. The van der Waals surface area contributed by atoms with Gasteiger partial charge in [-0.3, -0.25) is 0 Å². The lowest BCUT2D eigenvalue weighted by atomic mass is 10.0. The van der Waals surface area contributed by atoms with Crippen LogP contribution in [-0.4, -0.2) is 19.4 Å². The second-order valence-electron chi connectivity index (χ2n) is 3.65. The fourth-order valence-electron chi connectivity index (χ4n) is 1.40. The van der Waals surface area contributed by atoms with Crippen molar-refractivity contribution >= 4 is 6.29 Å². The first-order chi connectivity index (χ1) is 6.67. The summed E-state index contributed by atoms with van der Waals surface area (Å²) in [6, 6.07) is 6.25. The van der Waals surface area contributed by atoms with Crippen molar-refractivity contribution in [2.75, 3.05) is 7.05 Å². The summed E-state index contributed by atoms with van der Waals surface area (Å²) in [5, 5.41) is 2.97. The molecule has 0 bridgehead atoms. The predicted octanol–water partition coefficient (Wildman–Crippen LogP) is 1.63. The predicted molar refractivity (Wildman–Crippen MR) is 58.5 cm³/mol. The van der Waals surface area contributed by atoms with Gasteiger partial charge in [0.05, 0.1) is 6.04 Å². The minimum atomic E-state index is -0.0721. The largest absolute Gasteiger partial charge is 0.311 e. The summed E-state index contributed by atoms with van der Waals surface area (Å²) in [7, 11) is 1.81. The number of likely N-dealkylation sites (N-methyl/N-ethyl adjacent to an activating group) is 1. The van der Waals surface area contributed by atoms with Crippen LogP contribution in [0.25, 0.3) is 0 Å². The fourth-order valence-corrected chi connectivity index (χ4v) is 1.40. The Hall–Kier alpha value is -1.15. The Kier molecular flexibility index (Phi) is 3.84. The molecular formula is C12H17NO. The van der Waals surface area contributed by atoms with E-state index in [-0.39, 0.29) is 6.04 Å². The quantitative estimate of drug-likeness (QED) is 0.733. The lowest BCUT2D eigenvalue weighted by molar-refractivity contribution is -0.109. The third kappa shape index (κ3) is 2.67. The van der Waals surface area contributed by atoms with Crippen LogP contribution in [0.3, 0.4) is 0 Å². The van der Waals surface area contributed by atoms with Gasteiger partial charge in [0.1, 0.15) is 6.29 Å². The third-order valence-electron chi connectivity index (χ3n) is 2.56. The number of rotatable bonds is 4. The summed E-state index contributed by atoms with van der Waals surface area (Å²) in [4.78, 5) is 10.6. The summed E-state index contributed by atoms with van der Waals surface area (Å²) >= 11 is 0. The number of hydrogen-bond donors (Lipinski definition) is 1. The molecule has 0 aliphatic carbocycles. The van der Waals surface area contributed by atoms with Crippen LogP contribution in [0.5, 0.6) is 0 Å². The second-order valence-corrected chi connectivity index (χ2v) is 3.65. The van der Waals surface area contributed by atoms with Crippen LogP contribution in [0.1, 0.15) is 16.7 Å². The zero-order chi connectivity index (χ0) is 10.6. The molecule has 0 aliphatic rings. The Labute approximate surface area is 85.3 Å². The van der Waals surface area contributed by atoms with Gasteiger partial charge in [0.25, 0.3) is 0 Å². The SMILES string of the molecule is CNC(C=O)Cc1ccc(C)c(C)c1. The molecule has 0 amide bonds. The van der Waals surface area contributed by atoms with E-state index in [1.165, 1.54) is 16.7 Å². The van der Waals surface area contributed by atoms with Crippen LogP contribution >= 0.6 is 0 Å². The smallest absolute Gasteiger partial charge is 0.137 e. The molecule has 2 heteroatoms. The minimum Gasteiger partial charge on any atom is -0.311 e. The first-order valence-corrected chi connectivity index (χ1v) is 4.86. The number of nitrogens with one attached hydrogen (secondary N) is 1. The van der Waals surface area contributed by atoms with E-state index >= 15 is 0 Å². The van der Waals surface area contributed by atoms with Crippen molar-refractivity contribution in [3.05, 3.63) is 34.9 Å². The summed E-state index contributed by atoms with van der Waals surface area (Å²) in [5.41, 5.74) is 3.78. The van der Waals surface area contributed by atoms with Crippen LogP contribution in [0, 0.1) is 13.8 Å². The fraction of sp³-hybridized carbons (Fsp3) is 0.417. The normalized spacial score (nSPS) is 12.5. The number of carbonyl (C=O) groups is 1. The zero-order valence-electron chi connectivity index (χ0n) is 9.00. The van der Waals surface area contributed by atoms with E-state index in [1.807, 2.05) is 0 Å². The first kappa shape index (κ1) is 10.9. The molecule has 76 valence electrons. The van der Waals surface area contributed by atoms with Gasteiger partial charge in [0.15, 0.2) is 0 Å². The van der Waals surface area contributed by atoms with E-state index in [0.717, 1.165) is 12.7 Å². The maximum atomic E-state index is 10.6. The minimum absolute atomic E-state index is 0.0721. The van der Waals surface area contributed by atoms with Crippen LogP contribution < -0.4 is 5.32 Å². The Morgan fingerprint density at radius 1 is 1.36 bits per heavy atom. The second kappa shape index (κ2) is 4.91. The standard InChI is InChI=1S/C12H17NO/c1-9-4-5-11(6-10(9)2)7-12(8-14)13-3/h4-6,8,12-13H,7H2,1-3H3. The number of aldehydes is 1. The van der Waals surface area contributed by atoms with Crippen LogP contribution in [0.2, 0.25) is 0 Å². The van der Waals surface area contributed by atoms with E-state index in [0.29, 0.717) is 0 Å². The molecule has 1 atom stereocenters. The van der Waals surface area contributed by atoms with Crippen molar-refractivity contribution in [2.45, 2.75) is 26.3 Å². The molecule has 1 N–H and O–H groups in total. The molecule has 0 spiro atoms. The maximum Gasteiger partial charge on any atom is 0.137 e. The van der Waals surface area contributed by atoms with Crippen molar-refractivity contribution in [3.63, 3.8) is 0 Å². The van der Waals surface area contributed by atoms with E-state index in [1.54, 1.807) is 7.05 Å². The molecule has 2 nitrogen and oxygen atoms in total. The molecule has 14 heavy (non-hydrogen) atoms. The lowest BCUT2D eigenvalue weighted by Gasteiger charge is -2.10. The summed E-state index contributed by atoms with van der Waals surface area (Å²) < 4.78 is 0. The number of hydrogen-bond acceptors (Lipinski definition) is 2. The topological polar surface area (TPSA) is 29.1 Å². The van der Waals surface area contributed by atoms with Crippen LogP contribution in [-0.2, 0) is 11.2 Å². The van der Waals surface area contributed by atoms with Gasteiger partial charge in [0, 0.05) is 0 Å². The van der Waals surface area contributed by atoms with E-state index < -0.39 is 0 Å². The highest BCUT2D eigenvalue weighted by Crippen LogP contribution is 2.10. The van der Waals surface area contributed by atoms with Gasteiger partial charge in [-0.25, -0.2) is 0 Å². The highest BCUT2D eigenvalue weighted by atomic mass is 16.1. The third-order valence-corrected chi connectivity index (χ3v) is 2.56. The molecule has 0 radical (unpaired) electrons. The number of aryl methyl sites for hydroxylation is 2. The number of carbonyl (C=O) groups excluding carboxylic acids is 1. The van der Waals surface area contributed by atoms with Gasteiger partial charge in [-0.1, -0.05) is 18.2 Å². The molecule has 0 saturated carbocycles. The molecular weight excluding hydrogens is 174 g/mol. The monoisotopic (exact) mass is 191 g/mol. The maximum absolute atomic E-state index is 10.6.